The van der Waals surface area contributed by atoms with Crippen molar-refractivity contribution < 1.29 is 0 Å². The van der Waals surface area contributed by atoms with Crippen LogP contribution in [0.5, 0.6) is 0 Å². The van der Waals surface area contributed by atoms with E-state index < -0.39 is 0 Å². The zero-order valence-electron chi connectivity index (χ0n) is 11.6. The highest BCUT2D eigenvalue weighted by Gasteiger charge is 2.29. The molecule has 1 N–H and O–H groups in total. The molecule has 0 spiro atoms. The summed E-state index contributed by atoms with van der Waals surface area (Å²) in [6.45, 7) is 4.53. The van der Waals surface area contributed by atoms with E-state index in [0.29, 0.717) is 6.04 Å². The summed E-state index contributed by atoms with van der Waals surface area (Å²) in [4.78, 5) is 1.50. The summed E-state index contributed by atoms with van der Waals surface area (Å²) in [6.07, 6.45) is 6.98. The monoisotopic (exact) mass is 329 g/mol. The molecular weight excluding hydrogens is 306 g/mol. The van der Waals surface area contributed by atoms with E-state index in [-0.39, 0.29) is 0 Å². The van der Waals surface area contributed by atoms with Gasteiger partial charge in [0, 0.05) is 10.9 Å². The highest BCUT2D eigenvalue weighted by atomic mass is 79.9. The van der Waals surface area contributed by atoms with Crippen LogP contribution in [-0.2, 0) is 0 Å². The van der Waals surface area contributed by atoms with Gasteiger partial charge in [-0.3, -0.25) is 0 Å². The van der Waals surface area contributed by atoms with Crippen molar-refractivity contribution in [3.63, 3.8) is 0 Å². The molecule has 1 nitrogen and oxygen atoms in total. The molecule has 0 bridgehead atoms. The minimum absolute atomic E-state index is 0.550. The summed E-state index contributed by atoms with van der Waals surface area (Å²) in [5.41, 5.74) is 1.37. The first-order valence-corrected chi connectivity index (χ1v) is 8.69. The van der Waals surface area contributed by atoms with Crippen LogP contribution in [0.1, 0.15) is 55.5 Å². The summed E-state index contributed by atoms with van der Waals surface area (Å²) in [7, 11) is 2.11. The molecule has 102 valence electrons. The summed E-state index contributed by atoms with van der Waals surface area (Å²) in [5, 5.41) is 3.56. The normalized spacial score (nSPS) is 26.2. The molecule has 18 heavy (non-hydrogen) atoms. The Bertz CT molecular complexity index is 368. The van der Waals surface area contributed by atoms with Gasteiger partial charge in [0.2, 0.25) is 0 Å². The average Bonchev–Trinajstić information content (AvgIpc) is 2.70. The fourth-order valence-corrected chi connectivity index (χ4v) is 5.03. The first kappa shape index (κ1) is 14.5. The fourth-order valence-electron chi connectivity index (χ4n) is 3.25. The van der Waals surface area contributed by atoms with Gasteiger partial charge in [0.1, 0.15) is 0 Å². The van der Waals surface area contributed by atoms with Crippen LogP contribution in [0.2, 0.25) is 0 Å². The lowest BCUT2D eigenvalue weighted by molar-refractivity contribution is 0.216. The number of aryl methyl sites for hydroxylation is 1. The number of thiophene rings is 1. The van der Waals surface area contributed by atoms with E-state index in [9.17, 15) is 0 Å². The lowest BCUT2D eigenvalue weighted by atomic mass is 9.76. The Balaban J connectivity index is 2.12. The van der Waals surface area contributed by atoms with Crippen LogP contribution >= 0.6 is 27.3 Å². The Morgan fingerprint density at radius 3 is 2.83 bits per heavy atom. The zero-order valence-corrected chi connectivity index (χ0v) is 14.0. The van der Waals surface area contributed by atoms with Crippen LogP contribution in [0.3, 0.4) is 0 Å². The van der Waals surface area contributed by atoms with Crippen molar-refractivity contribution in [1.82, 2.24) is 5.32 Å². The fraction of sp³-hybridized carbons (Fsp3) is 0.733. The van der Waals surface area contributed by atoms with Crippen LogP contribution in [0.25, 0.3) is 0 Å². The molecule has 1 saturated carbocycles. The molecule has 0 radical (unpaired) electrons. The highest BCUT2D eigenvalue weighted by Crippen LogP contribution is 2.41. The second kappa shape index (κ2) is 6.53. The van der Waals surface area contributed by atoms with Crippen LogP contribution in [0, 0.1) is 18.8 Å². The third-order valence-corrected chi connectivity index (χ3v) is 6.59. The topological polar surface area (TPSA) is 12.0 Å². The van der Waals surface area contributed by atoms with E-state index in [2.05, 4.69) is 48.2 Å². The van der Waals surface area contributed by atoms with E-state index in [0.717, 1.165) is 11.8 Å². The second-order valence-corrected chi connectivity index (χ2v) is 7.97. The molecule has 1 aliphatic rings. The van der Waals surface area contributed by atoms with E-state index in [1.807, 2.05) is 11.3 Å². The van der Waals surface area contributed by atoms with Gasteiger partial charge >= 0.3 is 0 Å². The predicted molar refractivity (Wildman–Crippen MR) is 84.3 cm³/mol. The molecule has 0 aromatic carbocycles. The predicted octanol–water partition coefficient (Wildman–Crippen LogP) is 5.30. The summed E-state index contributed by atoms with van der Waals surface area (Å²) >= 11 is 5.56. The Labute approximate surface area is 123 Å². The van der Waals surface area contributed by atoms with E-state index in [1.165, 1.54) is 46.3 Å². The third-order valence-electron chi connectivity index (χ3n) is 4.37. The van der Waals surface area contributed by atoms with E-state index in [1.54, 1.807) is 0 Å². The van der Waals surface area contributed by atoms with Crippen molar-refractivity contribution in [3.05, 3.63) is 20.3 Å². The second-order valence-electron chi connectivity index (χ2n) is 5.57. The van der Waals surface area contributed by atoms with Crippen LogP contribution in [0.15, 0.2) is 9.85 Å². The first-order valence-electron chi connectivity index (χ1n) is 7.08. The smallest absolute Gasteiger partial charge is 0.0731 e. The van der Waals surface area contributed by atoms with Gasteiger partial charge in [-0.2, -0.15) is 0 Å². The van der Waals surface area contributed by atoms with Gasteiger partial charge in [-0.1, -0.05) is 26.2 Å². The lowest BCUT2D eigenvalue weighted by Gasteiger charge is -2.33. The Kier molecular flexibility index (Phi) is 5.28. The number of hydrogen-bond acceptors (Lipinski definition) is 2. The van der Waals surface area contributed by atoms with Gasteiger partial charge in [-0.15, -0.1) is 11.3 Å². The Morgan fingerprint density at radius 2 is 2.28 bits per heavy atom. The van der Waals surface area contributed by atoms with E-state index >= 15 is 0 Å². The average molecular weight is 330 g/mol. The minimum Gasteiger partial charge on any atom is -0.312 e. The van der Waals surface area contributed by atoms with Crippen molar-refractivity contribution in [1.29, 1.82) is 0 Å². The summed E-state index contributed by atoms with van der Waals surface area (Å²) in [6, 6.07) is 2.90. The van der Waals surface area contributed by atoms with Gasteiger partial charge < -0.3 is 5.32 Å². The standard InChI is InChI=1S/C15H24BrNS/c1-4-11-6-5-7-12(9-11)14(17-3)13-8-10(2)15(16)18-13/h8,11-12,14,17H,4-7,9H2,1-3H3. The molecule has 1 aliphatic carbocycles. The summed E-state index contributed by atoms with van der Waals surface area (Å²) in [5.74, 6) is 1.77. The van der Waals surface area contributed by atoms with Crippen LogP contribution in [0.4, 0.5) is 0 Å². The van der Waals surface area contributed by atoms with Gasteiger partial charge in [-0.05, 0) is 66.2 Å². The number of halogens is 1. The SMILES string of the molecule is CCC1CCCC(C(NC)c2cc(C)c(Br)s2)C1. The molecule has 1 aromatic heterocycles. The molecule has 0 aliphatic heterocycles. The zero-order chi connectivity index (χ0) is 13.1. The van der Waals surface area contributed by atoms with Crippen molar-refractivity contribution in [3.8, 4) is 0 Å². The molecule has 3 atom stereocenters. The van der Waals surface area contributed by atoms with Gasteiger partial charge in [0.15, 0.2) is 0 Å². The molecule has 1 aromatic rings. The maximum atomic E-state index is 3.65. The number of rotatable bonds is 4. The van der Waals surface area contributed by atoms with Crippen molar-refractivity contribution in [2.75, 3.05) is 7.05 Å². The van der Waals surface area contributed by atoms with Gasteiger partial charge in [0.25, 0.3) is 0 Å². The molecule has 1 heterocycles. The molecule has 3 unspecified atom stereocenters. The van der Waals surface area contributed by atoms with E-state index in [4.69, 9.17) is 0 Å². The van der Waals surface area contributed by atoms with Crippen LogP contribution < -0.4 is 5.32 Å². The molecular formula is C15H24BrNS. The molecule has 2 rings (SSSR count). The van der Waals surface area contributed by atoms with Crippen LogP contribution in [-0.4, -0.2) is 7.05 Å². The molecule has 0 amide bonds. The molecule has 3 heteroatoms. The largest absolute Gasteiger partial charge is 0.312 e. The quantitative estimate of drug-likeness (QED) is 0.790. The first-order chi connectivity index (χ1) is 8.65. The van der Waals surface area contributed by atoms with Crippen molar-refractivity contribution >= 4 is 27.3 Å². The molecule has 0 saturated heterocycles. The van der Waals surface area contributed by atoms with Gasteiger partial charge in [-0.25, -0.2) is 0 Å². The van der Waals surface area contributed by atoms with Gasteiger partial charge in [0.05, 0.1) is 3.79 Å². The highest BCUT2D eigenvalue weighted by molar-refractivity contribution is 9.11. The summed E-state index contributed by atoms with van der Waals surface area (Å²) < 4.78 is 1.29. The number of nitrogens with one attached hydrogen (secondary N) is 1. The lowest BCUT2D eigenvalue weighted by Crippen LogP contribution is -2.28. The van der Waals surface area contributed by atoms with Crippen molar-refractivity contribution in [2.45, 2.75) is 52.0 Å². The Hall–Kier alpha value is 0.140. The third kappa shape index (κ3) is 3.17. The molecule has 1 fully saturated rings. The maximum absolute atomic E-state index is 3.65. The number of hydrogen-bond donors (Lipinski definition) is 1. The minimum atomic E-state index is 0.550. The Morgan fingerprint density at radius 1 is 1.50 bits per heavy atom. The maximum Gasteiger partial charge on any atom is 0.0731 e. The van der Waals surface area contributed by atoms with Crippen molar-refractivity contribution in [2.24, 2.45) is 11.8 Å².